The summed E-state index contributed by atoms with van der Waals surface area (Å²) < 4.78 is 0. The van der Waals surface area contributed by atoms with Crippen LogP contribution in [0.4, 0.5) is 0 Å². The molecule has 1 aromatic rings. The maximum absolute atomic E-state index is 11.4. The SMILES string of the molecule is CCCC(O)(C(=O)O)C(CC)c1ccc(C)cc1. The second-order valence-electron chi connectivity index (χ2n) is 4.85. The quantitative estimate of drug-likeness (QED) is 0.815. The van der Waals surface area contributed by atoms with Gasteiger partial charge in [0.05, 0.1) is 0 Å². The topological polar surface area (TPSA) is 57.5 Å². The molecule has 0 aliphatic rings. The number of aryl methyl sites for hydroxylation is 1. The fourth-order valence-corrected chi connectivity index (χ4v) is 2.46. The van der Waals surface area contributed by atoms with Crippen LogP contribution < -0.4 is 0 Å². The van der Waals surface area contributed by atoms with Gasteiger partial charge in [0, 0.05) is 5.92 Å². The molecule has 0 aromatic heterocycles. The number of benzene rings is 1. The Kier molecular flexibility index (Phi) is 4.91. The second-order valence-corrected chi connectivity index (χ2v) is 4.85. The third-order valence-corrected chi connectivity index (χ3v) is 3.47. The maximum Gasteiger partial charge on any atom is 0.336 e. The molecule has 0 bridgehead atoms. The summed E-state index contributed by atoms with van der Waals surface area (Å²) in [6.07, 6.45) is 1.52. The van der Waals surface area contributed by atoms with E-state index in [0.717, 1.165) is 11.1 Å². The zero-order valence-corrected chi connectivity index (χ0v) is 11.3. The summed E-state index contributed by atoms with van der Waals surface area (Å²) >= 11 is 0. The van der Waals surface area contributed by atoms with Crippen molar-refractivity contribution in [3.8, 4) is 0 Å². The Morgan fingerprint density at radius 3 is 2.22 bits per heavy atom. The van der Waals surface area contributed by atoms with Crippen molar-refractivity contribution in [2.24, 2.45) is 0 Å². The predicted molar refractivity (Wildman–Crippen MR) is 71.7 cm³/mol. The fraction of sp³-hybridized carbons (Fsp3) is 0.533. The zero-order chi connectivity index (χ0) is 13.8. The van der Waals surface area contributed by atoms with E-state index in [0.29, 0.717) is 12.8 Å². The van der Waals surface area contributed by atoms with Crippen LogP contribution in [0, 0.1) is 6.92 Å². The molecule has 0 saturated carbocycles. The maximum atomic E-state index is 11.4. The van der Waals surface area contributed by atoms with Gasteiger partial charge in [-0.1, -0.05) is 50.1 Å². The lowest BCUT2D eigenvalue weighted by atomic mass is 9.77. The summed E-state index contributed by atoms with van der Waals surface area (Å²) in [6, 6.07) is 7.72. The highest BCUT2D eigenvalue weighted by atomic mass is 16.4. The summed E-state index contributed by atoms with van der Waals surface area (Å²) in [5, 5.41) is 19.8. The molecule has 2 N–H and O–H groups in total. The van der Waals surface area contributed by atoms with Gasteiger partial charge in [0.2, 0.25) is 0 Å². The van der Waals surface area contributed by atoms with E-state index >= 15 is 0 Å². The Bertz CT molecular complexity index is 397. The molecule has 1 rings (SSSR count). The molecule has 0 amide bonds. The first-order valence-corrected chi connectivity index (χ1v) is 6.48. The predicted octanol–water partition coefficient (Wildman–Crippen LogP) is 3.10. The summed E-state index contributed by atoms with van der Waals surface area (Å²) in [5.74, 6) is -1.49. The number of hydrogen-bond donors (Lipinski definition) is 2. The Morgan fingerprint density at radius 1 is 1.28 bits per heavy atom. The Balaban J connectivity index is 3.13. The molecule has 18 heavy (non-hydrogen) atoms. The van der Waals surface area contributed by atoms with Crippen LogP contribution in [0.5, 0.6) is 0 Å². The van der Waals surface area contributed by atoms with Crippen LogP contribution in [-0.4, -0.2) is 21.8 Å². The molecule has 1 aromatic carbocycles. The highest BCUT2D eigenvalue weighted by Crippen LogP contribution is 2.35. The van der Waals surface area contributed by atoms with Crippen molar-refractivity contribution in [3.05, 3.63) is 35.4 Å². The normalized spacial score (nSPS) is 16.0. The molecular formula is C15H22O3. The first kappa shape index (κ1) is 14.7. The monoisotopic (exact) mass is 250 g/mol. The van der Waals surface area contributed by atoms with Gasteiger partial charge in [0.15, 0.2) is 5.60 Å². The minimum absolute atomic E-state index is 0.273. The van der Waals surface area contributed by atoms with E-state index in [1.54, 1.807) is 0 Å². The molecule has 0 aliphatic heterocycles. The highest BCUT2D eigenvalue weighted by molar-refractivity contribution is 5.78. The van der Waals surface area contributed by atoms with Crippen molar-refractivity contribution < 1.29 is 15.0 Å². The van der Waals surface area contributed by atoms with E-state index in [4.69, 9.17) is 0 Å². The molecule has 0 radical (unpaired) electrons. The zero-order valence-electron chi connectivity index (χ0n) is 11.3. The first-order valence-electron chi connectivity index (χ1n) is 6.48. The lowest BCUT2D eigenvalue weighted by Crippen LogP contribution is -2.44. The van der Waals surface area contributed by atoms with Crippen LogP contribution in [0.1, 0.15) is 50.2 Å². The number of aliphatic hydroxyl groups is 1. The molecule has 2 unspecified atom stereocenters. The van der Waals surface area contributed by atoms with Crippen LogP contribution in [0.2, 0.25) is 0 Å². The molecule has 3 nitrogen and oxygen atoms in total. The van der Waals surface area contributed by atoms with E-state index in [1.165, 1.54) is 0 Å². The van der Waals surface area contributed by atoms with Crippen LogP contribution in [0.15, 0.2) is 24.3 Å². The van der Waals surface area contributed by atoms with Crippen LogP contribution >= 0.6 is 0 Å². The molecule has 3 heteroatoms. The highest BCUT2D eigenvalue weighted by Gasteiger charge is 2.43. The lowest BCUT2D eigenvalue weighted by molar-refractivity contribution is -0.162. The van der Waals surface area contributed by atoms with Gasteiger partial charge in [-0.3, -0.25) is 0 Å². The third kappa shape index (κ3) is 2.91. The van der Waals surface area contributed by atoms with Gasteiger partial charge in [0.1, 0.15) is 0 Å². The van der Waals surface area contributed by atoms with Crippen molar-refractivity contribution >= 4 is 5.97 Å². The Labute approximate surface area is 108 Å². The summed E-state index contributed by atoms with van der Waals surface area (Å²) in [5.41, 5.74) is 0.350. The molecule has 2 atom stereocenters. The number of carbonyl (C=O) groups is 1. The number of carboxylic acid groups (broad SMARTS) is 1. The largest absolute Gasteiger partial charge is 0.479 e. The second kappa shape index (κ2) is 6.01. The van der Waals surface area contributed by atoms with Crippen LogP contribution in [0.25, 0.3) is 0 Å². The minimum atomic E-state index is -1.67. The van der Waals surface area contributed by atoms with Gasteiger partial charge in [0.25, 0.3) is 0 Å². The average Bonchev–Trinajstić information content (AvgIpc) is 2.32. The standard InChI is InChI=1S/C15H22O3/c1-4-10-15(18,14(16)17)13(5-2)12-8-6-11(3)7-9-12/h6-9,13,18H,4-5,10H2,1-3H3,(H,16,17). The van der Waals surface area contributed by atoms with Gasteiger partial charge in [-0.25, -0.2) is 4.79 Å². The first-order chi connectivity index (χ1) is 8.45. The number of rotatable bonds is 6. The molecule has 100 valence electrons. The van der Waals surface area contributed by atoms with E-state index in [1.807, 2.05) is 45.0 Å². The molecule has 0 heterocycles. The smallest absolute Gasteiger partial charge is 0.336 e. The molecular weight excluding hydrogens is 228 g/mol. The summed E-state index contributed by atoms with van der Waals surface area (Å²) in [4.78, 5) is 11.4. The van der Waals surface area contributed by atoms with E-state index < -0.39 is 11.6 Å². The van der Waals surface area contributed by atoms with Gasteiger partial charge < -0.3 is 10.2 Å². The van der Waals surface area contributed by atoms with Gasteiger partial charge in [-0.2, -0.15) is 0 Å². The van der Waals surface area contributed by atoms with Crippen molar-refractivity contribution in [1.82, 2.24) is 0 Å². The molecule has 0 fully saturated rings. The number of carboxylic acids is 1. The van der Waals surface area contributed by atoms with E-state index in [9.17, 15) is 15.0 Å². The Morgan fingerprint density at radius 2 is 1.83 bits per heavy atom. The summed E-state index contributed by atoms with van der Waals surface area (Å²) in [6.45, 7) is 5.78. The van der Waals surface area contributed by atoms with Crippen molar-refractivity contribution in [3.63, 3.8) is 0 Å². The van der Waals surface area contributed by atoms with Gasteiger partial charge in [-0.15, -0.1) is 0 Å². The lowest BCUT2D eigenvalue weighted by Gasteiger charge is -2.32. The summed E-state index contributed by atoms with van der Waals surface area (Å²) in [7, 11) is 0. The van der Waals surface area contributed by atoms with Crippen molar-refractivity contribution in [2.45, 2.75) is 51.6 Å². The minimum Gasteiger partial charge on any atom is -0.479 e. The van der Waals surface area contributed by atoms with Crippen molar-refractivity contribution in [2.75, 3.05) is 0 Å². The number of hydrogen-bond acceptors (Lipinski definition) is 2. The van der Waals surface area contributed by atoms with Crippen molar-refractivity contribution in [1.29, 1.82) is 0 Å². The molecule has 0 saturated heterocycles. The molecule has 0 aliphatic carbocycles. The Hall–Kier alpha value is -1.35. The van der Waals surface area contributed by atoms with Crippen LogP contribution in [0.3, 0.4) is 0 Å². The van der Waals surface area contributed by atoms with E-state index in [-0.39, 0.29) is 12.3 Å². The number of aliphatic carboxylic acids is 1. The van der Waals surface area contributed by atoms with Gasteiger partial charge in [-0.05, 0) is 25.3 Å². The molecule has 0 spiro atoms. The van der Waals surface area contributed by atoms with Crippen LogP contribution in [-0.2, 0) is 4.79 Å². The fourth-order valence-electron chi connectivity index (χ4n) is 2.46. The van der Waals surface area contributed by atoms with E-state index in [2.05, 4.69) is 0 Å². The van der Waals surface area contributed by atoms with Gasteiger partial charge >= 0.3 is 5.97 Å². The average molecular weight is 250 g/mol. The third-order valence-electron chi connectivity index (χ3n) is 3.47.